The Kier molecular flexibility index (Phi) is 3.46. The third kappa shape index (κ3) is 2.55. The number of hydrogen-bond acceptors (Lipinski definition) is 4. The lowest BCUT2D eigenvalue weighted by Gasteiger charge is -2.12. The minimum atomic E-state index is -0.557. The van der Waals surface area contributed by atoms with Gasteiger partial charge in [0.25, 0.3) is 5.24 Å². The van der Waals surface area contributed by atoms with Gasteiger partial charge >= 0.3 is 6.09 Å². The summed E-state index contributed by atoms with van der Waals surface area (Å²) >= 11 is 1.14. The molecule has 0 N–H and O–H groups in total. The number of thioether (sulfide) groups is 1. The fourth-order valence-electron chi connectivity index (χ4n) is 1.36. The van der Waals surface area contributed by atoms with Crippen molar-refractivity contribution in [2.24, 2.45) is 0 Å². The third-order valence-electron chi connectivity index (χ3n) is 2.19. The monoisotopic (exact) mass is 237 g/mol. The van der Waals surface area contributed by atoms with Gasteiger partial charge in [-0.1, -0.05) is 42.1 Å². The van der Waals surface area contributed by atoms with Gasteiger partial charge in [-0.05, 0) is 5.56 Å². The van der Waals surface area contributed by atoms with Crippen LogP contribution in [0.25, 0.3) is 0 Å². The molecule has 0 spiro atoms. The summed E-state index contributed by atoms with van der Waals surface area (Å²) in [5, 5.41) is -0.224. The molecule has 1 aliphatic heterocycles. The van der Waals surface area contributed by atoms with Crippen LogP contribution < -0.4 is 0 Å². The first kappa shape index (κ1) is 11.0. The summed E-state index contributed by atoms with van der Waals surface area (Å²) in [6.45, 7) is 0.644. The van der Waals surface area contributed by atoms with Crippen LogP contribution >= 0.6 is 11.8 Å². The summed E-state index contributed by atoms with van der Waals surface area (Å²) in [7, 11) is 0. The van der Waals surface area contributed by atoms with Gasteiger partial charge in [-0.3, -0.25) is 4.79 Å². The first-order chi connectivity index (χ1) is 7.77. The maximum absolute atomic E-state index is 11.5. The van der Waals surface area contributed by atoms with Gasteiger partial charge in [-0.15, -0.1) is 0 Å². The lowest BCUT2D eigenvalue weighted by molar-refractivity contribution is 0.111. The van der Waals surface area contributed by atoms with E-state index in [1.165, 1.54) is 0 Å². The van der Waals surface area contributed by atoms with Gasteiger partial charge in [0, 0.05) is 12.3 Å². The van der Waals surface area contributed by atoms with Gasteiger partial charge in [0.05, 0.1) is 0 Å². The molecule has 0 saturated carbocycles. The molecule has 0 radical (unpaired) electrons. The molecule has 4 nitrogen and oxygen atoms in total. The van der Waals surface area contributed by atoms with Crippen molar-refractivity contribution < 1.29 is 14.3 Å². The first-order valence-corrected chi connectivity index (χ1v) is 5.91. The van der Waals surface area contributed by atoms with Crippen LogP contribution in [0.2, 0.25) is 0 Å². The van der Waals surface area contributed by atoms with Crippen LogP contribution in [0.3, 0.4) is 0 Å². The number of nitrogens with zero attached hydrogens (tertiary/aromatic N) is 1. The van der Waals surface area contributed by atoms with Crippen molar-refractivity contribution in [1.82, 2.24) is 4.90 Å². The molecule has 84 valence electrons. The zero-order chi connectivity index (χ0) is 11.4. The van der Waals surface area contributed by atoms with E-state index in [9.17, 15) is 9.59 Å². The third-order valence-corrected chi connectivity index (χ3v) is 3.04. The van der Waals surface area contributed by atoms with Crippen LogP contribution in [-0.2, 0) is 11.3 Å². The molecular weight excluding hydrogens is 226 g/mol. The lowest BCUT2D eigenvalue weighted by atomic mass is 10.2. The maximum atomic E-state index is 11.5. The van der Waals surface area contributed by atoms with Crippen molar-refractivity contribution in [3.63, 3.8) is 0 Å². The van der Waals surface area contributed by atoms with Crippen molar-refractivity contribution in [2.75, 3.05) is 12.3 Å². The van der Waals surface area contributed by atoms with E-state index in [4.69, 9.17) is 4.74 Å². The highest BCUT2D eigenvalue weighted by atomic mass is 32.2. The number of rotatable bonds is 2. The molecule has 1 heterocycles. The molecule has 1 aliphatic rings. The predicted molar refractivity (Wildman–Crippen MR) is 61.2 cm³/mol. The smallest absolute Gasteiger partial charge is 0.417 e. The van der Waals surface area contributed by atoms with E-state index in [-0.39, 0.29) is 11.8 Å². The summed E-state index contributed by atoms with van der Waals surface area (Å²) in [6, 6.07) is 9.38. The van der Waals surface area contributed by atoms with Crippen molar-refractivity contribution in [2.45, 2.75) is 6.61 Å². The second kappa shape index (κ2) is 5.03. The highest BCUT2D eigenvalue weighted by molar-refractivity contribution is 8.13. The molecule has 1 saturated heterocycles. The highest BCUT2D eigenvalue weighted by Gasteiger charge is 2.28. The van der Waals surface area contributed by atoms with Crippen LogP contribution in [0.15, 0.2) is 30.3 Å². The first-order valence-electron chi connectivity index (χ1n) is 4.92. The fraction of sp³-hybridized carbons (Fsp3) is 0.273. The van der Waals surface area contributed by atoms with Gasteiger partial charge in [-0.2, -0.15) is 0 Å². The Morgan fingerprint density at radius 2 is 2.12 bits per heavy atom. The second-order valence-electron chi connectivity index (χ2n) is 3.31. The molecule has 0 atom stereocenters. The van der Waals surface area contributed by atoms with E-state index in [0.29, 0.717) is 12.3 Å². The average Bonchev–Trinajstić information content (AvgIpc) is 2.74. The number of amides is 2. The van der Waals surface area contributed by atoms with E-state index < -0.39 is 6.09 Å². The standard InChI is InChI=1S/C11H11NO3S/c13-10(12-6-7-16-11(12)14)15-8-9-4-2-1-3-5-9/h1-5H,6-8H2. The van der Waals surface area contributed by atoms with Crippen LogP contribution in [0.5, 0.6) is 0 Å². The quantitative estimate of drug-likeness (QED) is 0.792. The van der Waals surface area contributed by atoms with E-state index in [1.54, 1.807) is 0 Å². The van der Waals surface area contributed by atoms with Gasteiger partial charge in [-0.25, -0.2) is 9.69 Å². The average molecular weight is 237 g/mol. The lowest BCUT2D eigenvalue weighted by Crippen LogP contribution is -2.31. The molecule has 2 amide bonds. The van der Waals surface area contributed by atoms with Gasteiger partial charge in [0.15, 0.2) is 0 Å². The molecule has 0 unspecified atom stereocenters. The molecule has 1 aromatic rings. The number of ether oxygens (including phenoxy) is 1. The highest BCUT2D eigenvalue weighted by Crippen LogP contribution is 2.18. The minimum absolute atomic E-state index is 0.202. The van der Waals surface area contributed by atoms with Crippen LogP contribution in [-0.4, -0.2) is 28.5 Å². The molecule has 16 heavy (non-hydrogen) atoms. The Labute approximate surface area is 97.6 Å². The number of benzene rings is 1. The van der Waals surface area contributed by atoms with E-state index in [1.807, 2.05) is 30.3 Å². The Hall–Kier alpha value is -1.49. The molecule has 0 aliphatic carbocycles. The van der Waals surface area contributed by atoms with Crippen molar-refractivity contribution in [3.8, 4) is 0 Å². The maximum Gasteiger partial charge on any atom is 0.417 e. The molecule has 1 aromatic carbocycles. The van der Waals surface area contributed by atoms with E-state index >= 15 is 0 Å². The number of imide groups is 1. The van der Waals surface area contributed by atoms with Gasteiger partial charge in [0.1, 0.15) is 6.61 Å². The topological polar surface area (TPSA) is 46.6 Å². The number of carbonyl (C=O) groups is 2. The minimum Gasteiger partial charge on any atom is -0.444 e. The summed E-state index contributed by atoms with van der Waals surface area (Å²) < 4.78 is 5.04. The van der Waals surface area contributed by atoms with Crippen LogP contribution in [0, 0.1) is 0 Å². The van der Waals surface area contributed by atoms with Crippen molar-refractivity contribution in [3.05, 3.63) is 35.9 Å². The van der Waals surface area contributed by atoms with Crippen LogP contribution in [0.1, 0.15) is 5.56 Å². The van der Waals surface area contributed by atoms with Crippen molar-refractivity contribution in [1.29, 1.82) is 0 Å². The van der Waals surface area contributed by atoms with Gasteiger partial charge in [0.2, 0.25) is 0 Å². The number of hydrogen-bond donors (Lipinski definition) is 0. The van der Waals surface area contributed by atoms with E-state index in [0.717, 1.165) is 22.2 Å². The molecule has 0 bridgehead atoms. The molecule has 0 aromatic heterocycles. The Morgan fingerprint density at radius 1 is 1.38 bits per heavy atom. The SMILES string of the molecule is O=C(OCc1ccccc1)N1CCSC1=O. The summed E-state index contributed by atoms with van der Waals surface area (Å²) in [5.41, 5.74) is 0.912. The van der Waals surface area contributed by atoms with Crippen molar-refractivity contribution >= 4 is 23.1 Å². The predicted octanol–water partition coefficient (Wildman–Crippen LogP) is 2.49. The zero-order valence-electron chi connectivity index (χ0n) is 8.59. The van der Waals surface area contributed by atoms with Gasteiger partial charge < -0.3 is 4.74 Å². The molecule has 5 heteroatoms. The largest absolute Gasteiger partial charge is 0.444 e. The summed E-state index contributed by atoms with van der Waals surface area (Å²) in [5.74, 6) is 0.652. The summed E-state index contributed by atoms with van der Waals surface area (Å²) in [4.78, 5) is 23.8. The Morgan fingerprint density at radius 3 is 2.75 bits per heavy atom. The zero-order valence-corrected chi connectivity index (χ0v) is 9.40. The fourth-order valence-corrected chi connectivity index (χ4v) is 2.13. The Balaban J connectivity index is 1.86. The molecule has 2 rings (SSSR count). The normalized spacial score (nSPS) is 15.2. The number of carbonyl (C=O) groups excluding carboxylic acids is 2. The van der Waals surface area contributed by atoms with E-state index in [2.05, 4.69) is 0 Å². The molecule has 1 fully saturated rings. The Bertz CT molecular complexity index is 393. The molecular formula is C11H11NO3S. The van der Waals surface area contributed by atoms with Crippen LogP contribution in [0.4, 0.5) is 9.59 Å². The second-order valence-corrected chi connectivity index (χ2v) is 4.35. The summed E-state index contributed by atoms with van der Waals surface area (Å²) in [6.07, 6.45) is -0.557.